The summed E-state index contributed by atoms with van der Waals surface area (Å²) < 4.78 is 0. The SMILES string of the molecule is CC(C)(C)N1C2CC(CC(C)(C)N3CC(CC(C)(C)N4CCCC4)C3)CC21. The molecule has 27 heavy (non-hydrogen) atoms. The van der Waals surface area contributed by atoms with E-state index in [4.69, 9.17) is 0 Å². The Balaban J connectivity index is 1.21. The summed E-state index contributed by atoms with van der Waals surface area (Å²) in [5, 5.41) is 0. The van der Waals surface area contributed by atoms with Crippen molar-refractivity contribution < 1.29 is 0 Å². The number of piperidine rings is 1. The van der Waals surface area contributed by atoms with Crippen LogP contribution in [0.3, 0.4) is 0 Å². The second kappa shape index (κ2) is 6.71. The van der Waals surface area contributed by atoms with Crippen molar-refractivity contribution in [1.29, 1.82) is 0 Å². The summed E-state index contributed by atoms with van der Waals surface area (Å²) in [4.78, 5) is 8.30. The molecule has 156 valence electrons. The van der Waals surface area contributed by atoms with Crippen LogP contribution in [0.1, 0.15) is 87.0 Å². The van der Waals surface area contributed by atoms with Crippen LogP contribution < -0.4 is 0 Å². The molecule has 3 aliphatic heterocycles. The predicted octanol–water partition coefficient (Wildman–Crippen LogP) is 4.61. The summed E-state index contributed by atoms with van der Waals surface area (Å²) in [6.07, 6.45) is 8.50. The molecule has 1 saturated carbocycles. The Labute approximate surface area is 168 Å². The van der Waals surface area contributed by atoms with Gasteiger partial charge in [-0.3, -0.25) is 14.7 Å². The minimum atomic E-state index is 0.378. The first kappa shape index (κ1) is 20.2. The Bertz CT molecular complexity index is 522. The lowest BCUT2D eigenvalue weighted by atomic mass is 9.79. The largest absolute Gasteiger partial charge is 0.298 e. The number of likely N-dealkylation sites (tertiary alicyclic amines) is 3. The highest BCUT2D eigenvalue weighted by molar-refractivity contribution is 5.14. The number of nitrogens with zero attached hydrogens (tertiary/aromatic N) is 3. The number of hydrogen-bond donors (Lipinski definition) is 0. The van der Waals surface area contributed by atoms with Gasteiger partial charge in [0.05, 0.1) is 0 Å². The first-order valence-electron chi connectivity index (χ1n) is 11.8. The van der Waals surface area contributed by atoms with Crippen LogP contribution in [0.4, 0.5) is 0 Å². The zero-order valence-corrected chi connectivity index (χ0v) is 19.2. The zero-order valence-electron chi connectivity index (χ0n) is 19.2. The van der Waals surface area contributed by atoms with Crippen molar-refractivity contribution in [1.82, 2.24) is 14.7 Å². The van der Waals surface area contributed by atoms with E-state index in [1.165, 1.54) is 64.7 Å². The Morgan fingerprint density at radius 1 is 0.667 bits per heavy atom. The van der Waals surface area contributed by atoms with E-state index in [9.17, 15) is 0 Å². The van der Waals surface area contributed by atoms with Gasteiger partial charge in [-0.2, -0.15) is 0 Å². The van der Waals surface area contributed by atoms with Crippen LogP contribution in [-0.2, 0) is 0 Å². The van der Waals surface area contributed by atoms with E-state index in [1.807, 2.05) is 0 Å². The van der Waals surface area contributed by atoms with Crippen LogP contribution in [-0.4, -0.2) is 69.6 Å². The Hall–Kier alpha value is -0.120. The molecule has 0 N–H and O–H groups in total. The molecular formula is C24H45N3. The highest BCUT2D eigenvalue weighted by Gasteiger charge is 2.58. The molecule has 0 aromatic carbocycles. The molecule has 3 saturated heterocycles. The average Bonchev–Trinajstić information content (AvgIpc) is 2.91. The van der Waals surface area contributed by atoms with Crippen LogP contribution in [0.15, 0.2) is 0 Å². The molecule has 2 atom stereocenters. The molecule has 0 spiro atoms. The molecule has 1 aliphatic carbocycles. The second-order valence-electron chi connectivity index (χ2n) is 12.5. The van der Waals surface area contributed by atoms with Gasteiger partial charge in [0.1, 0.15) is 0 Å². The van der Waals surface area contributed by atoms with Gasteiger partial charge in [-0.25, -0.2) is 0 Å². The molecular weight excluding hydrogens is 330 g/mol. The summed E-state index contributed by atoms with van der Waals surface area (Å²) >= 11 is 0. The third-order valence-corrected chi connectivity index (χ3v) is 8.35. The summed E-state index contributed by atoms with van der Waals surface area (Å²) in [7, 11) is 0. The van der Waals surface area contributed by atoms with Gasteiger partial charge in [0.2, 0.25) is 0 Å². The molecule has 2 unspecified atom stereocenters. The van der Waals surface area contributed by atoms with E-state index < -0.39 is 0 Å². The molecule has 0 bridgehead atoms. The monoisotopic (exact) mass is 375 g/mol. The first-order valence-corrected chi connectivity index (χ1v) is 11.8. The van der Waals surface area contributed by atoms with Crippen molar-refractivity contribution in [2.24, 2.45) is 11.8 Å². The highest BCUT2D eigenvalue weighted by Crippen LogP contribution is 2.52. The Morgan fingerprint density at radius 3 is 1.67 bits per heavy atom. The first-order chi connectivity index (χ1) is 12.5. The van der Waals surface area contributed by atoms with Crippen LogP contribution in [0.25, 0.3) is 0 Å². The smallest absolute Gasteiger partial charge is 0.0263 e. The Morgan fingerprint density at radius 2 is 1.15 bits per heavy atom. The molecule has 4 rings (SSSR count). The summed E-state index contributed by atoms with van der Waals surface area (Å²) in [5.41, 5.74) is 1.17. The molecule has 0 amide bonds. The minimum absolute atomic E-state index is 0.378. The average molecular weight is 376 g/mol. The van der Waals surface area contributed by atoms with Crippen molar-refractivity contribution in [3.63, 3.8) is 0 Å². The van der Waals surface area contributed by atoms with Gasteiger partial charge in [-0.15, -0.1) is 0 Å². The van der Waals surface area contributed by atoms with Crippen molar-refractivity contribution in [2.45, 2.75) is 116 Å². The quantitative estimate of drug-likeness (QED) is 0.628. The van der Waals surface area contributed by atoms with Gasteiger partial charge in [0.25, 0.3) is 0 Å². The summed E-state index contributed by atoms with van der Waals surface area (Å²) in [6, 6.07) is 1.80. The van der Waals surface area contributed by atoms with Gasteiger partial charge in [-0.05, 0) is 112 Å². The normalized spacial score (nSPS) is 36.1. The molecule has 3 heterocycles. The maximum absolute atomic E-state index is 2.79. The third-order valence-electron chi connectivity index (χ3n) is 8.35. The van der Waals surface area contributed by atoms with Crippen LogP contribution in [0.2, 0.25) is 0 Å². The van der Waals surface area contributed by atoms with Crippen molar-refractivity contribution in [3.05, 3.63) is 0 Å². The molecule has 0 aromatic heterocycles. The molecule has 0 aromatic rings. The lowest BCUT2D eigenvalue weighted by Gasteiger charge is -2.52. The molecule has 4 fully saturated rings. The van der Waals surface area contributed by atoms with E-state index in [2.05, 4.69) is 63.2 Å². The van der Waals surface area contributed by atoms with Crippen molar-refractivity contribution in [3.8, 4) is 0 Å². The highest BCUT2D eigenvalue weighted by atomic mass is 15.4. The Kier molecular flexibility index (Phi) is 5.01. The van der Waals surface area contributed by atoms with Crippen LogP contribution in [0, 0.1) is 11.8 Å². The summed E-state index contributed by atoms with van der Waals surface area (Å²) in [5.74, 6) is 1.86. The fourth-order valence-corrected chi connectivity index (χ4v) is 7.00. The standard InChI is InChI=1S/C24H45N3/c1-22(2,3)27-20-12-18(13-21(20)27)14-24(6,7)26-16-19(17-26)15-23(4,5)25-10-8-9-11-25/h18-21H,8-17H2,1-7H3. The van der Waals surface area contributed by atoms with E-state index in [1.54, 1.807) is 0 Å². The van der Waals surface area contributed by atoms with E-state index in [0.29, 0.717) is 16.6 Å². The second-order valence-corrected chi connectivity index (χ2v) is 12.5. The molecule has 3 heteroatoms. The molecule has 4 aliphatic rings. The molecule has 3 nitrogen and oxygen atoms in total. The van der Waals surface area contributed by atoms with E-state index in [0.717, 1.165) is 23.9 Å². The van der Waals surface area contributed by atoms with Crippen molar-refractivity contribution in [2.75, 3.05) is 26.2 Å². The third kappa shape index (κ3) is 3.98. The van der Waals surface area contributed by atoms with Crippen LogP contribution >= 0.6 is 0 Å². The van der Waals surface area contributed by atoms with E-state index >= 15 is 0 Å². The number of fused-ring (bicyclic) bond motifs is 1. The van der Waals surface area contributed by atoms with E-state index in [-0.39, 0.29) is 0 Å². The van der Waals surface area contributed by atoms with Crippen molar-refractivity contribution >= 4 is 0 Å². The van der Waals surface area contributed by atoms with Gasteiger partial charge in [0.15, 0.2) is 0 Å². The fourth-order valence-electron chi connectivity index (χ4n) is 7.00. The topological polar surface area (TPSA) is 9.49 Å². The fraction of sp³-hybridized carbons (Fsp3) is 1.00. The number of rotatable bonds is 6. The zero-order chi connectivity index (χ0) is 19.6. The lowest BCUT2D eigenvalue weighted by molar-refractivity contribution is -0.0323. The molecule has 0 radical (unpaired) electrons. The van der Waals surface area contributed by atoms with Crippen LogP contribution in [0.5, 0.6) is 0 Å². The minimum Gasteiger partial charge on any atom is -0.298 e. The van der Waals surface area contributed by atoms with Gasteiger partial charge in [-0.1, -0.05) is 0 Å². The van der Waals surface area contributed by atoms with Gasteiger partial charge < -0.3 is 0 Å². The van der Waals surface area contributed by atoms with Gasteiger partial charge >= 0.3 is 0 Å². The van der Waals surface area contributed by atoms with Gasteiger partial charge in [0, 0.05) is 41.8 Å². The summed E-state index contributed by atoms with van der Waals surface area (Å²) in [6.45, 7) is 22.5. The lowest BCUT2D eigenvalue weighted by Crippen LogP contribution is -2.59. The maximum Gasteiger partial charge on any atom is 0.0263 e. The number of hydrogen-bond acceptors (Lipinski definition) is 3. The maximum atomic E-state index is 2.79. The predicted molar refractivity (Wildman–Crippen MR) is 115 cm³/mol.